The first-order valence-corrected chi connectivity index (χ1v) is 9.23. The molecule has 1 fully saturated rings. The van der Waals surface area contributed by atoms with Gasteiger partial charge in [-0.2, -0.15) is 11.8 Å². The van der Waals surface area contributed by atoms with Crippen LogP contribution in [0.15, 0.2) is 5.38 Å². The van der Waals surface area contributed by atoms with E-state index in [1.54, 1.807) is 19.2 Å². The molecule has 9 heteroatoms. The van der Waals surface area contributed by atoms with E-state index in [0.29, 0.717) is 28.8 Å². The van der Waals surface area contributed by atoms with Gasteiger partial charge in [-0.05, 0) is 12.2 Å². The number of carboxylic acid groups (broad SMARTS) is 1. The lowest BCUT2D eigenvalue weighted by molar-refractivity contribution is -0.146. The molecule has 1 saturated heterocycles. The molecule has 1 unspecified atom stereocenters. The lowest BCUT2D eigenvalue weighted by Gasteiger charge is -2.24. The van der Waals surface area contributed by atoms with E-state index in [4.69, 9.17) is 0 Å². The van der Waals surface area contributed by atoms with Crippen molar-refractivity contribution >= 4 is 46.0 Å². The van der Waals surface area contributed by atoms with Gasteiger partial charge >= 0.3 is 5.97 Å². The van der Waals surface area contributed by atoms with Gasteiger partial charge in [0.05, 0.1) is 12.1 Å². The molecular formula is C14H19N3O4S2. The number of nitrogens with one attached hydrogen (secondary N) is 2. The van der Waals surface area contributed by atoms with E-state index < -0.39 is 11.5 Å². The summed E-state index contributed by atoms with van der Waals surface area (Å²) >= 11 is 2.76. The molecule has 2 heterocycles. The summed E-state index contributed by atoms with van der Waals surface area (Å²) in [4.78, 5) is 39.3. The first-order chi connectivity index (χ1) is 10.8. The predicted molar refractivity (Wildman–Crippen MR) is 89.7 cm³/mol. The van der Waals surface area contributed by atoms with Gasteiger partial charge < -0.3 is 15.7 Å². The van der Waals surface area contributed by atoms with Gasteiger partial charge in [0.2, 0.25) is 11.8 Å². The predicted octanol–water partition coefficient (Wildman–Crippen LogP) is 1.36. The summed E-state index contributed by atoms with van der Waals surface area (Å²) in [5.74, 6) is -0.569. The van der Waals surface area contributed by atoms with Crippen molar-refractivity contribution < 1.29 is 19.5 Å². The van der Waals surface area contributed by atoms with Crippen LogP contribution in [0.2, 0.25) is 0 Å². The van der Waals surface area contributed by atoms with Gasteiger partial charge in [-0.1, -0.05) is 13.8 Å². The summed E-state index contributed by atoms with van der Waals surface area (Å²) in [5.41, 5.74) is -0.662. The highest BCUT2D eigenvalue weighted by atomic mass is 32.2. The fraction of sp³-hybridized carbons (Fsp3) is 0.571. The van der Waals surface area contributed by atoms with E-state index in [-0.39, 0.29) is 24.2 Å². The summed E-state index contributed by atoms with van der Waals surface area (Å²) in [6.45, 7) is 3.56. The van der Waals surface area contributed by atoms with Crippen molar-refractivity contribution in [3.05, 3.63) is 11.1 Å². The van der Waals surface area contributed by atoms with Crippen molar-refractivity contribution in [2.75, 3.05) is 16.8 Å². The Bertz CT molecular complexity index is 609. The van der Waals surface area contributed by atoms with Crippen LogP contribution < -0.4 is 10.6 Å². The molecule has 0 radical (unpaired) electrons. The van der Waals surface area contributed by atoms with Crippen LogP contribution in [0, 0.1) is 5.92 Å². The highest BCUT2D eigenvalue weighted by Gasteiger charge is 2.43. The standard InChI is InChI=1S/C14H19N3O4S2/c1-8(2)11(19)16-13-15-9(6-23-13)5-10(18)17-14(12(20)21)3-4-22-7-14/h6,8H,3-5,7H2,1-2H3,(H,17,18)(H,20,21)(H,15,16,19). The number of carbonyl (C=O) groups is 3. The van der Waals surface area contributed by atoms with Crippen molar-refractivity contribution in [3.63, 3.8) is 0 Å². The van der Waals surface area contributed by atoms with Gasteiger partial charge in [0.1, 0.15) is 5.54 Å². The molecule has 1 aromatic heterocycles. The lowest BCUT2D eigenvalue weighted by Crippen LogP contribution is -2.55. The molecule has 2 rings (SSSR count). The molecule has 1 atom stereocenters. The average molecular weight is 357 g/mol. The Balaban J connectivity index is 1.94. The monoisotopic (exact) mass is 357 g/mol. The number of aromatic nitrogens is 1. The zero-order valence-corrected chi connectivity index (χ0v) is 14.6. The Morgan fingerprint density at radius 1 is 1.43 bits per heavy atom. The molecule has 3 N–H and O–H groups in total. The number of carbonyl (C=O) groups excluding carboxylic acids is 2. The molecular weight excluding hydrogens is 338 g/mol. The van der Waals surface area contributed by atoms with Crippen LogP contribution in [-0.2, 0) is 20.8 Å². The zero-order chi connectivity index (χ0) is 17.0. The maximum atomic E-state index is 12.1. The van der Waals surface area contributed by atoms with Crippen molar-refractivity contribution in [2.24, 2.45) is 5.92 Å². The zero-order valence-electron chi connectivity index (χ0n) is 12.9. The number of nitrogens with zero attached hydrogens (tertiary/aromatic N) is 1. The minimum absolute atomic E-state index is 0.00620. The first kappa shape index (κ1) is 17.7. The smallest absolute Gasteiger partial charge is 0.330 e. The lowest BCUT2D eigenvalue weighted by atomic mass is 9.99. The van der Waals surface area contributed by atoms with Crippen LogP contribution in [0.5, 0.6) is 0 Å². The van der Waals surface area contributed by atoms with E-state index in [9.17, 15) is 19.5 Å². The third-order valence-corrected chi connectivity index (χ3v) is 5.45. The number of carboxylic acids is 1. The van der Waals surface area contributed by atoms with Crippen molar-refractivity contribution in [1.29, 1.82) is 0 Å². The van der Waals surface area contributed by atoms with E-state index in [1.807, 2.05) is 0 Å². The highest BCUT2D eigenvalue weighted by molar-refractivity contribution is 7.99. The van der Waals surface area contributed by atoms with Crippen LogP contribution in [0.3, 0.4) is 0 Å². The highest BCUT2D eigenvalue weighted by Crippen LogP contribution is 2.28. The maximum absolute atomic E-state index is 12.1. The second kappa shape index (κ2) is 7.31. The summed E-state index contributed by atoms with van der Waals surface area (Å²) in [7, 11) is 0. The van der Waals surface area contributed by atoms with Crippen molar-refractivity contribution in [3.8, 4) is 0 Å². The normalized spacial score (nSPS) is 20.5. The molecule has 7 nitrogen and oxygen atoms in total. The SMILES string of the molecule is CC(C)C(=O)Nc1nc(CC(=O)NC2(C(=O)O)CCSC2)cs1. The topological polar surface area (TPSA) is 108 Å². The van der Waals surface area contributed by atoms with Crippen LogP contribution in [0.4, 0.5) is 5.13 Å². The number of thioether (sulfide) groups is 1. The average Bonchev–Trinajstić information content (AvgIpc) is 3.09. The second-order valence-electron chi connectivity index (χ2n) is 5.70. The van der Waals surface area contributed by atoms with Crippen molar-refractivity contribution in [1.82, 2.24) is 10.3 Å². The number of hydrogen-bond acceptors (Lipinski definition) is 6. The summed E-state index contributed by atoms with van der Waals surface area (Å²) in [5, 5.41) is 16.8. The molecule has 0 aromatic carbocycles. The summed E-state index contributed by atoms with van der Waals surface area (Å²) in [6, 6.07) is 0. The largest absolute Gasteiger partial charge is 0.479 e. The van der Waals surface area contributed by atoms with Crippen LogP contribution in [-0.4, -0.2) is 44.9 Å². The van der Waals surface area contributed by atoms with Crippen LogP contribution in [0.25, 0.3) is 0 Å². The number of aliphatic carboxylic acids is 1. The third-order valence-electron chi connectivity index (χ3n) is 3.46. The molecule has 23 heavy (non-hydrogen) atoms. The van der Waals surface area contributed by atoms with E-state index in [1.165, 1.54) is 23.1 Å². The van der Waals surface area contributed by atoms with Crippen molar-refractivity contribution in [2.45, 2.75) is 32.2 Å². The van der Waals surface area contributed by atoms with E-state index in [0.717, 1.165) is 0 Å². The molecule has 1 aliphatic rings. The Kier molecular flexibility index (Phi) is 5.64. The van der Waals surface area contributed by atoms with Gasteiger partial charge in [-0.15, -0.1) is 11.3 Å². The molecule has 0 bridgehead atoms. The Labute approximate surface area is 142 Å². The second-order valence-corrected chi connectivity index (χ2v) is 7.67. The van der Waals surface area contributed by atoms with E-state index in [2.05, 4.69) is 15.6 Å². The molecule has 126 valence electrons. The number of rotatable bonds is 6. The fourth-order valence-corrected chi connectivity index (χ4v) is 4.10. The van der Waals surface area contributed by atoms with E-state index >= 15 is 0 Å². The molecule has 0 aliphatic carbocycles. The number of hydrogen-bond donors (Lipinski definition) is 3. The minimum Gasteiger partial charge on any atom is -0.479 e. The maximum Gasteiger partial charge on any atom is 0.330 e. The van der Waals surface area contributed by atoms with Gasteiger partial charge in [-0.25, -0.2) is 9.78 Å². The van der Waals surface area contributed by atoms with Crippen LogP contribution >= 0.6 is 23.1 Å². The molecule has 2 amide bonds. The number of thiazole rings is 1. The summed E-state index contributed by atoms with van der Waals surface area (Å²) in [6.07, 6.45) is 0.416. The first-order valence-electron chi connectivity index (χ1n) is 7.20. The molecule has 1 aromatic rings. The Morgan fingerprint density at radius 3 is 2.74 bits per heavy atom. The molecule has 0 saturated carbocycles. The number of amides is 2. The van der Waals surface area contributed by atoms with Gasteiger partial charge in [0.25, 0.3) is 0 Å². The Hall–Kier alpha value is -1.61. The van der Waals surface area contributed by atoms with Gasteiger partial charge in [-0.3, -0.25) is 9.59 Å². The third kappa shape index (κ3) is 4.44. The quantitative estimate of drug-likeness (QED) is 0.709. The van der Waals surface area contributed by atoms with Crippen LogP contribution in [0.1, 0.15) is 26.0 Å². The minimum atomic E-state index is -1.17. The molecule has 0 spiro atoms. The van der Waals surface area contributed by atoms with Gasteiger partial charge in [0.15, 0.2) is 5.13 Å². The summed E-state index contributed by atoms with van der Waals surface area (Å²) < 4.78 is 0. The molecule has 1 aliphatic heterocycles. The van der Waals surface area contributed by atoms with Gasteiger partial charge in [0, 0.05) is 17.1 Å². The fourth-order valence-electron chi connectivity index (χ4n) is 2.06. The Morgan fingerprint density at radius 2 is 2.17 bits per heavy atom. The number of anilines is 1.